The lowest BCUT2D eigenvalue weighted by molar-refractivity contribution is 0.414. The largest absolute Gasteiger partial charge is 0.423 e. The molecule has 0 aliphatic heterocycles. The van der Waals surface area contributed by atoms with Gasteiger partial charge in [-0.2, -0.15) is 0 Å². The van der Waals surface area contributed by atoms with Crippen molar-refractivity contribution in [3.05, 3.63) is 36.2 Å². The molecule has 2 rings (SSSR count). The minimum atomic E-state index is 0.573. The van der Waals surface area contributed by atoms with E-state index in [9.17, 15) is 0 Å². The number of aromatic nitrogens is 2. The third-order valence-corrected chi connectivity index (χ3v) is 2.45. The zero-order valence-corrected chi connectivity index (χ0v) is 9.47. The molecule has 0 amide bonds. The highest BCUT2D eigenvalue weighted by Crippen LogP contribution is 2.29. The van der Waals surface area contributed by atoms with Crippen molar-refractivity contribution in [2.45, 2.75) is 20.4 Å². The van der Waals surface area contributed by atoms with Crippen LogP contribution in [-0.4, -0.2) is 9.55 Å². The van der Waals surface area contributed by atoms with Gasteiger partial charge in [0, 0.05) is 18.9 Å². The molecule has 0 unspecified atom stereocenters. The summed E-state index contributed by atoms with van der Waals surface area (Å²) in [6.07, 6.45) is 3.59. The highest BCUT2D eigenvalue weighted by molar-refractivity contribution is 5.57. The number of anilines is 1. The minimum absolute atomic E-state index is 0.573. The van der Waals surface area contributed by atoms with Crippen LogP contribution in [0.4, 0.5) is 5.69 Å². The second-order valence-corrected chi connectivity index (χ2v) is 3.59. The van der Waals surface area contributed by atoms with Gasteiger partial charge in [-0.3, -0.25) is 0 Å². The van der Waals surface area contributed by atoms with Crippen LogP contribution in [0.15, 0.2) is 30.6 Å². The topological polar surface area (TPSA) is 53.1 Å². The third-order valence-electron chi connectivity index (χ3n) is 2.45. The number of hydrogen-bond acceptors (Lipinski definition) is 3. The summed E-state index contributed by atoms with van der Waals surface area (Å²) in [6, 6.07) is 6.26. The number of nitrogens with two attached hydrogens (primary N) is 1. The normalized spacial score (nSPS) is 10.4. The number of nitrogen functional groups attached to an aromatic ring is 1. The highest BCUT2D eigenvalue weighted by Gasteiger charge is 2.09. The Hall–Kier alpha value is -1.97. The molecule has 0 saturated heterocycles. The van der Waals surface area contributed by atoms with Crippen LogP contribution in [0.1, 0.15) is 12.5 Å². The molecule has 0 atom stereocenters. The van der Waals surface area contributed by atoms with Gasteiger partial charge >= 0.3 is 6.01 Å². The molecule has 0 aliphatic rings. The summed E-state index contributed by atoms with van der Waals surface area (Å²) < 4.78 is 7.65. The predicted molar refractivity (Wildman–Crippen MR) is 63.6 cm³/mol. The van der Waals surface area contributed by atoms with Crippen LogP contribution in [0.5, 0.6) is 11.8 Å². The molecule has 0 saturated carbocycles. The van der Waals surface area contributed by atoms with Crippen molar-refractivity contribution in [1.29, 1.82) is 0 Å². The lowest BCUT2D eigenvalue weighted by Gasteiger charge is -2.11. The number of nitrogens with zero attached hydrogens (tertiary/aromatic N) is 2. The molecule has 84 valence electrons. The first kappa shape index (κ1) is 10.5. The Kier molecular flexibility index (Phi) is 2.81. The van der Waals surface area contributed by atoms with Crippen LogP contribution < -0.4 is 10.5 Å². The van der Waals surface area contributed by atoms with E-state index in [1.807, 2.05) is 42.8 Å². The summed E-state index contributed by atoms with van der Waals surface area (Å²) in [6.45, 7) is 4.82. The zero-order valence-electron chi connectivity index (χ0n) is 9.47. The number of ether oxygens (including phenoxy) is 1. The summed E-state index contributed by atoms with van der Waals surface area (Å²) in [7, 11) is 0. The molecular weight excluding hydrogens is 202 g/mol. The molecule has 2 aromatic rings. The zero-order chi connectivity index (χ0) is 11.5. The van der Waals surface area contributed by atoms with Gasteiger partial charge in [-0.1, -0.05) is 12.1 Å². The van der Waals surface area contributed by atoms with Crippen molar-refractivity contribution in [2.24, 2.45) is 0 Å². The lowest BCUT2D eigenvalue weighted by Crippen LogP contribution is -2.00. The summed E-state index contributed by atoms with van der Waals surface area (Å²) in [4.78, 5) is 4.15. The standard InChI is InChI=1S/C12H15N3O/c1-3-15-8-7-14-12(15)16-11-9(2)5-4-6-10(11)13/h4-8H,3,13H2,1-2H3. The van der Waals surface area contributed by atoms with Gasteiger partial charge in [-0.05, 0) is 25.5 Å². The van der Waals surface area contributed by atoms with E-state index in [0.29, 0.717) is 17.4 Å². The second-order valence-electron chi connectivity index (χ2n) is 3.59. The van der Waals surface area contributed by atoms with Crippen molar-refractivity contribution in [3.8, 4) is 11.8 Å². The number of hydrogen-bond donors (Lipinski definition) is 1. The van der Waals surface area contributed by atoms with Gasteiger partial charge in [0.2, 0.25) is 0 Å². The van der Waals surface area contributed by atoms with E-state index in [2.05, 4.69) is 4.98 Å². The van der Waals surface area contributed by atoms with Gasteiger partial charge in [-0.25, -0.2) is 4.98 Å². The maximum atomic E-state index is 5.87. The number of benzene rings is 1. The number of aryl methyl sites for hydroxylation is 2. The molecule has 4 nitrogen and oxygen atoms in total. The first-order valence-corrected chi connectivity index (χ1v) is 5.26. The van der Waals surface area contributed by atoms with E-state index in [4.69, 9.17) is 10.5 Å². The van der Waals surface area contributed by atoms with Crippen molar-refractivity contribution < 1.29 is 4.74 Å². The molecule has 1 aromatic heterocycles. The first-order valence-electron chi connectivity index (χ1n) is 5.26. The van der Waals surface area contributed by atoms with E-state index in [1.54, 1.807) is 6.20 Å². The fourth-order valence-electron chi connectivity index (χ4n) is 1.55. The smallest absolute Gasteiger partial charge is 0.301 e. The Morgan fingerprint density at radius 1 is 1.44 bits per heavy atom. The predicted octanol–water partition coefficient (Wildman–Crippen LogP) is 2.59. The molecule has 0 spiro atoms. The van der Waals surface area contributed by atoms with E-state index >= 15 is 0 Å². The molecule has 2 N–H and O–H groups in total. The number of para-hydroxylation sites is 1. The van der Waals surface area contributed by atoms with Crippen LogP contribution in [-0.2, 0) is 6.54 Å². The van der Waals surface area contributed by atoms with Crippen LogP contribution >= 0.6 is 0 Å². The van der Waals surface area contributed by atoms with Crippen LogP contribution in [0.3, 0.4) is 0 Å². The number of rotatable bonds is 3. The van der Waals surface area contributed by atoms with Crippen molar-refractivity contribution >= 4 is 5.69 Å². The van der Waals surface area contributed by atoms with Gasteiger partial charge in [0.1, 0.15) is 0 Å². The van der Waals surface area contributed by atoms with Crippen LogP contribution in [0.25, 0.3) is 0 Å². The minimum Gasteiger partial charge on any atom is -0.423 e. The molecule has 1 aromatic carbocycles. The lowest BCUT2D eigenvalue weighted by atomic mass is 10.2. The van der Waals surface area contributed by atoms with E-state index in [1.165, 1.54) is 0 Å². The van der Waals surface area contributed by atoms with E-state index in [0.717, 1.165) is 12.1 Å². The molecule has 1 heterocycles. The van der Waals surface area contributed by atoms with E-state index < -0.39 is 0 Å². The Morgan fingerprint density at radius 3 is 2.94 bits per heavy atom. The molecule has 16 heavy (non-hydrogen) atoms. The molecule has 0 radical (unpaired) electrons. The maximum absolute atomic E-state index is 5.87. The van der Waals surface area contributed by atoms with Crippen molar-refractivity contribution in [1.82, 2.24) is 9.55 Å². The Morgan fingerprint density at radius 2 is 2.25 bits per heavy atom. The van der Waals surface area contributed by atoms with Gasteiger partial charge in [-0.15, -0.1) is 0 Å². The second kappa shape index (κ2) is 4.26. The Bertz CT molecular complexity index is 471. The monoisotopic (exact) mass is 217 g/mol. The van der Waals surface area contributed by atoms with Gasteiger partial charge in [0.05, 0.1) is 5.69 Å². The van der Waals surface area contributed by atoms with Crippen molar-refractivity contribution in [2.75, 3.05) is 5.73 Å². The quantitative estimate of drug-likeness (QED) is 0.804. The maximum Gasteiger partial charge on any atom is 0.301 e. The van der Waals surface area contributed by atoms with Gasteiger partial charge < -0.3 is 15.0 Å². The fraction of sp³-hybridized carbons (Fsp3) is 0.250. The summed E-state index contributed by atoms with van der Waals surface area (Å²) in [5.74, 6) is 0.684. The molecular formula is C12H15N3O. The fourth-order valence-corrected chi connectivity index (χ4v) is 1.55. The van der Waals surface area contributed by atoms with Crippen LogP contribution in [0.2, 0.25) is 0 Å². The summed E-state index contributed by atoms with van der Waals surface area (Å²) in [5, 5.41) is 0. The third kappa shape index (κ3) is 1.86. The molecule has 0 fully saturated rings. The summed E-state index contributed by atoms with van der Waals surface area (Å²) in [5.41, 5.74) is 7.50. The summed E-state index contributed by atoms with van der Waals surface area (Å²) >= 11 is 0. The van der Waals surface area contributed by atoms with Crippen molar-refractivity contribution in [3.63, 3.8) is 0 Å². The molecule has 0 bridgehead atoms. The Labute approximate surface area is 94.7 Å². The Balaban J connectivity index is 2.34. The highest BCUT2D eigenvalue weighted by atomic mass is 16.5. The van der Waals surface area contributed by atoms with E-state index in [-0.39, 0.29) is 0 Å². The average molecular weight is 217 g/mol. The average Bonchev–Trinajstić information content (AvgIpc) is 2.71. The molecule has 4 heteroatoms. The first-order chi connectivity index (χ1) is 7.72. The molecule has 0 aliphatic carbocycles. The number of imidazole rings is 1. The SMILES string of the molecule is CCn1ccnc1Oc1c(C)cccc1N. The van der Waals surface area contributed by atoms with Gasteiger partial charge in [0.15, 0.2) is 5.75 Å². The van der Waals surface area contributed by atoms with Crippen LogP contribution in [0, 0.1) is 6.92 Å². The van der Waals surface area contributed by atoms with Gasteiger partial charge in [0.25, 0.3) is 0 Å².